The maximum Gasteiger partial charge on any atom is 0.305 e. The number of aliphatic hydroxyl groups excluding tert-OH is 1. The molecule has 0 saturated carbocycles. The second kappa shape index (κ2) is 16.7. The number of nitro benzene ring substituents is 1. The number of nitrogens with zero attached hydrogens (tertiary/aromatic N) is 1. The molecule has 0 unspecified atom stereocenters. The summed E-state index contributed by atoms with van der Waals surface area (Å²) >= 11 is 11.2. The van der Waals surface area contributed by atoms with E-state index in [9.17, 15) is 24.8 Å². The van der Waals surface area contributed by atoms with E-state index < -0.39 is 33.8 Å². The van der Waals surface area contributed by atoms with E-state index in [-0.39, 0.29) is 18.7 Å². The predicted octanol–water partition coefficient (Wildman–Crippen LogP) is 5.38. The van der Waals surface area contributed by atoms with E-state index in [0.29, 0.717) is 12.0 Å². The molecule has 0 aliphatic rings. The molecular weight excluding hydrogens is 471 g/mol. The van der Waals surface area contributed by atoms with Crippen LogP contribution in [0.3, 0.4) is 0 Å². The first-order valence-corrected chi connectivity index (χ1v) is 12.3. The van der Waals surface area contributed by atoms with Crippen molar-refractivity contribution in [2.45, 2.75) is 88.1 Å². The van der Waals surface area contributed by atoms with E-state index in [1.807, 2.05) is 0 Å². The smallest absolute Gasteiger partial charge is 0.305 e. The van der Waals surface area contributed by atoms with Crippen LogP contribution in [-0.4, -0.2) is 39.4 Å². The van der Waals surface area contributed by atoms with Gasteiger partial charge in [-0.1, -0.05) is 81.5 Å². The molecule has 0 bridgehead atoms. The lowest BCUT2D eigenvalue weighted by molar-refractivity contribution is -0.384. The van der Waals surface area contributed by atoms with Gasteiger partial charge in [-0.2, -0.15) is 0 Å². The average molecular weight is 505 g/mol. The quantitative estimate of drug-likeness (QED) is 0.0965. The Morgan fingerprint density at radius 2 is 1.58 bits per heavy atom. The standard InChI is InChI=1S/C23H34Cl2N2O6/c1-2-3-4-5-6-7-8-9-10-11-20(28)33-16-19(26-23(30)22(24)25)21(29)17-12-14-18(15-13-17)27(31)32/h12-15,19,21-22,29H,2-11,16H2,1H3,(H,26,30)/t19-,21-/m1/s1. The van der Waals surface area contributed by atoms with Crippen molar-refractivity contribution in [2.24, 2.45) is 0 Å². The lowest BCUT2D eigenvalue weighted by atomic mass is 10.0. The Bertz CT molecular complexity index is 730. The Hall–Kier alpha value is -1.90. The predicted molar refractivity (Wildman–Crippen MR) is 128 cm³/mol. The second-order valence-electron chi connectivity index (χ2n) is 7.97. The molecule has 0 spiro atoms. The normalized spacial score (nSPS) is 12.9. The minimum atomic E-state index is -1.37. The zero-order valence-corrected chi connectivity index (χ0v) is 20.5. The van der Waals surface area contributed by atoms with E-state index in [1.165, 1.54) is 56.4 Å². The molecule has 0 aliphatic heterocycles. The van der Waals surface area contributed by atoms with Gasteiger partial charge in [0, 0.05) is 18.6 Å². The fourth-order valence-electron chi connectivity index (χ4n) is 3.32. The number of hydrogen-bond donors (Lipinski definition) is 2. The molecule has 2 N–H and O–H groups in total. The number of nitro groups is 1. The molecule has 33 heavy (non-hydrogen) atoms. The number of carbonyl (C=O) groups is 2. The van der Waals surface area contributed by atoms with Gasteiger partial charge in [-0.3, -0.25) is 19.7 Å². The lowest BCUT2D eigenvalue weighted by Gasteiger charge is -2.24. The van der Waals surface area contributed by atoms with Crippen LogP contribution in [0.25, 0.3) is 0 Å². The summed E-state index contributed by atoms with van der Waals surface area (Å²) in [5.41, 5.74) is 0.169. The number of non-ortho nitro benzene ring substituents is 1. The van der Waals surface area contributed by atoms with Crippen molar-refractivity contribution in [3.05, 3.63) is 39.9 Å². The first kappa shape index (κ1) is 29.1. The third-order valence-corrected chi connectivity index (χ3v) is 5.66. The zero-order chi connectivity index (χ0) is 24.6. The van der Waals surface area contributed by atoms with Gasteiger partial charge in [0.2, 0.25) is 0 Å². The number of benzene rings is 1. The molecule has 2 atom stereocenters. The minimum absolute atomic E-state index is 0.138. The van der Waals surface area contributed by atoms with Crippen molar-refractivity contribution in [1.82, 2.24) is 5.32 Å². The van der Waals surface area contributed by atoms with Gasteiger partial charge in [-0.25, -0.2) is 0 Å². The van der Waals surface area contributed by atoms with Gasteiger partial charge in [0.15, 0.2) is 4.84 Å². The van der Waals surface area contributed by atoms with Gasteiger partial charge in [0.1, 0.15) is 12.7 Å². The van der Waals surface area contributed by atoms with Crippen LogP contribution < -0.4 is 5.32 Å². The topological polar surface area (TPSA) is 119 Å². The first-order valence-electron chi connectivity index (χ1n) is 11.4. The molecular formula is C23H34Cl2N2O6. The van der Waals surface area contributed by atoms with E-state index in [1.54, 1.807) is 0 Å². The van der Waals surface area contributed by atoms with Crippen molar-refractivity contribution >= 4 is 40.8 Å². The summed E-state index contributed by atoms with van der Waals surface area (Å²) in [5, 5.41) is 23.9. The van der Waals surface area contributed by atoms with Gasteiger partial charge in [-0.15, -0.1) is 0 Å². The molecule has 8 nitrogen and oxygen atoms in total. The van der Waals surface area contributed by atoms with Crippen LogP contribution in [0.2, 0.25) is 0 Å². The highest BCUT2D eigenvalue weighted by molar-refractivity contribution is 6.53. The highest BCUT2D eigenvalue weighted by Gasteiger charge is 2.27. The molecule has 0 aliphatic carbocycles. The van der Waals surface area contributed by atoms with Gasteiger partial charge < -0.3 is 15.2 Å². The van der Waals surface area contributed by atoms with Gasteiger partial charge in [-0.05, 0) is 24.1 Å². The number of aliphatic hydroxyl groups is 1. The summed E-state index contributed by atoms with van der Waals surface area (Å²) in [6, 6.07) is 4.18. The number of rotatable bonds is 17. The monoisotopic (exact) mass is 504 g/mol. The number of alkyl halides is 2. The molecule has 0 radical (unpaired) electrons. The Morgan fingerprint density at radius 1 is 1.03 bits per heavy atom. The summed E-state index contributed by atoms with van der Waals surface area (Å²) in [5.74, 6) is -1.18. The fourth-order valence-corrected chi connectivity index (χ4v) is 3.44. The summed E-state index contributed by atoms with van der Waals surface area (Å²) in [4.78, 5) is 32.9. The number of amides is 1. The molecule has 0 heterocycles. The van der Waals surface area contributed by atoms with E-state index in [0.717, 1.165) is 19.3 Å². The summed E-state index contributed by atoms with van der Waals surface area (Å²) in [6.07, 6.45) is 9.10. The van der Waals surface area contributed by atoms with Crippen molar-refractivity contribution in [3.63, 3.8) is 0 Å². The number of carbonyl (C=O) groups excluding carboxylic acids is 2. The number of nitrogens with one attached hydrogen (secondary N) is 1. The van der Waals surface area contributed by atoms with Crippen molar-refractivity contribution in [1.29, 1.82) is 0 Å². The van der Waals surface area contributed by atoms with Crippen LogP contribution in [-0.2, 0) is 14.3 Å². The number of unbranched alkanes of at least 4 members (excludes halogenated alkanes) is 8. The fraction of sp³-hybridized carbons (Fsp3) is 0.652. The highest BCUT2D eigenvalue weighted by Crippen LogP contribution is 2.21. The average Bonchev–Trinajstić information content (AvgIpc) is 2.80. The Labute approximate surface area is 205 Å². The third-order valence-electron chi connectivity index (χ3n) is 5.26. The highest BCUT2D eigenvalue weighted by atomic mass is 35.5. The van der Waals surface area contributed by atoms with Gasteiger partial charge in [0.25, 0.3) is 11.6 Å². The van der Waals surface area contributed by atoms with Gasteiger partial charge in [0.05, 0.1) is 11.0 Å². The van der Waals surface area contributed by atoms with Crippen LogP contribution in [0.5, 0.6) is 0 Å². The molecule has 1 aromatic carbocycles. The number of halogens is 2. The number of ether oxygens (including phenoxy) is 1. The third kappa shape index (κ3) is 12.2. The Morgan fingerprint density at radius 3 is 2.09 bits per heavy atom. The maximum absolute atomic E-state index is 12.1. The van der Waals surface area contributed by atoms with Gasteiger partial charge >= 0.3 is 5.97 Å². The molecule has 1 amide bonds. The van der Waals surface area contributed by atoms with Crippen LogP contribution >= 0.6 is 23.2 Å². The van der Waals surface area contributed by atoms with Crippen molar-refractivity contribution in [2.75, 3.05) is 6.61 Å². The molecule has 10 heteroatoms. The maximum atomic E-state index is 12.1. The zero-order valence-electron chi connectivity index (χ0n) is 19.0. The van der Waals surface area contributed by atoms with Crippen molar-refractivity contribution in [3.8, 4) is 0 Å². The second-order valence-corrected chi connectivity index (χ2v) is 9.07. The van der Waals surface area contributed by atoms with E-state index in [2.05, 4.69) is 12.2 Å². The largest absolute Gasteiger partial charge is 0.463 e. The lowest BCUT2D eigenvalue weighted by Crippen LogP contribution is -2.45. The number of hydrogen-bond acceptors (Lipinski definition) is 6. The SMILES string of the molecule is CCCCCCCCCCCC(=O)OC[C@@H](NC(=O)C(Cl)Cl)[C@H](O)c1ccc([N+](=O)[O-])cc1. The van der Waals surface area contributed by atoms with E-state index in [4.69, 9.17) is 27.9 Å². The van der Waals surface area contributed by atoms with E-state index >= 15 is 0 Å². The molecule has 0 fully saturated rings. The van der Waals surface area contributed by atoms with Crippen LogP contribution in [0.1, 0.15) is 82.8 Å². The Balaban J connectivity index is 2.50. The summed E-state index contributed by atoms with van der Waals surface area (Å²) in [7, 11) is 0. The molecule has 0 aromatic heterocycles. The summed E-state index contributed by atoms with van der Waals surface area (Å²) < 4.78 is 5.25. The first-order chi connectivity index (χ1) is 15.8. The number of esters is 1. The van der Waals surface area contributed by atoms with Crippen LogP contribution in [0.15, 0.2) is 24.3 Å². The van der Waals surface area contributed by atoms with Crippen molar-refractivity contribution < 1.29 is 24.4 Å². The van der Waals surface area contributed by atoms with Crippen LogP contribution in [0, 0.1) is 10.1 Å². The van der Waals surface area contributed by atoms with Crippen LogP contribution in [0.4, 0.5) is 5.69 Å². The molecule has 186 valence electrons. The Kier molecular flexibility index (Phi) is 14.7. The minimum Gasteiger partial charge on any atom is -0.463 e. The molecule has 0 saturated heterocycles. The summed E-state index contributed by atoms with van der Waals surface area (Å²) in [6.45, 7) is 1.90. The molecule has 1 rings (SSSR count). The molecule has 1 aromatic rings.